The average molecular weight is 329 g/mol. The van der Waals surface area contributed by atoms with Crippen molar-refractivity contribution in [2.75, 3.05) is 19.0 Å². The lowest BCUT2D eigenvalue weighted by Crippen LogP contribution is -2.24. The Morgan fingerprint density at radius 2 is 1.92 bits per heavy atom. The van der Waals surface area contributed by atoms with E-state index in [0.717, 1.165) is 11.3 Å². The molecule has 7 heteroatoms. The van der Waals surface area contributed by atoms with Gasteiger partial charge < -0.3 is 15.4 Å². The van der Waals surface area contributed by atoms with Gasteiger partial charge in [0.1, 0.15) is 5.75 Å². The molecule has 126 valence electrons. The summed E-state index contributed by atoms with van der Waals surface area (Å²) in [6, 6.07) is 12.2. The molecule has 0 heterocycles. The van der Waals surface area contributed by atoms with Gasteiger partial charge in [-0.1, -0.05) is 12.1 Å². The molecule has 0 aliphatic heterocycles. The Morgan fingerprint density at radius 1 is 1.21 bits per heavy atom. The molecule has 0 aliphatic rings. The van der Waals surface area contributed by atoms with Crippen LogP contribution in [0.15, 0.2) is 42.5 Å². The lowest BCUT2D eigenvalue weighted by atomic mass is 10.1. The van der Waals surface area contributed by atoms with Gasteiger partial charge in [-0.2, -0.15) is 0 Å². The summed E-state index contributed by atoms with van der Waals surface area (Å²) >= 11 is 0. The number of carbonyl (C=O) groups is 1. The van der Waals surface area contributed by atoms with Gasteiger partial charge in [0.2, 0.25) is 0 Å². The van der Waals surface area contributed by atoms with Gasteiger partial charge in [-0.05, 0) is 36.8 Å². The van der Waals surface area contributed by atoms with E-state index in [-0.39, 0.29) is 23.1 Å². The van der Waals surface area contributed by atoms with Crippen molar-refractivity contribution in [3.63, 3.8) is 0 Å². The van der Waals surface area contributed by atoms with Crippen molar-refractivity contribution in [1.29, 1.82) is 0 Å². The number of hydrogen-bond donors (Lipinski definition) is 2. The monoisotopic (exact) mass is 329 g/mol. The zero-order chi connectivity index (χ0) is 17.5. The Bertz CT molecular complexity index is 729. The number of likely N-dealkylation sites (N-methyl/N-ethyl adjacent to an activating group) is 1. The van der Waals surface area contributed by atoms with Crippen LogP contribution in [0.1, 0.15) is 11.1 Å². The van der Waals surface area contributed by atoms with Crippen LogP contribution in [0.25, 0.3) is 0 Å². The number of amides is 1. The average Bonchev–Trinajstić information content (AvgIpc) is 2.59. The highest BCUT2D eigenvalue weighted by molar-refractivity contribution is 5.77. The van der Waals surface area contributed by atoms with Crippen LogP contribution in [0.2, 0.25) is 0 Å². The summed E-state index contributed by atoms with van der Waals surface area (Å²) in [5, 5.41) is 16.7. The molecule has 2 N–H and O–H groups in total. The number of nitrogens with one attached hydrogen (secondary N) is 2. The molecule has 2 aromatic rings. The fourth-order valence-corrected chi connectivity index (χ4v) is 2.15. The Hall–Kier alpha value is -3.09. The maximum Gasteiger partial charge on any atom is 0.272 e. The molecular formula is C17H19N3O4. The molecule has 2 aromatic carbocycles. The Morgan fingerprint density at radius 3 is 2.54 bits per heavy atom. The van der Waals surface area contributed by atoms with Gasteiger partial charge >= 0.3 is 0 Å². The van der Waals surface area contributed by atoms with Gasteiger partial charge in [-0.25, -0.2) is 0 Å². The van der Waals surface area contributed by atoms with E-state index in [0.29, 0.717) is 17.9 Å². The molecule has 0 radical (unpaired) electrons. The summed E-state index contributed by atoms with van der Waals surface area (Å²) in [6.45, 7) is 2.19. The summed E-state index contributed by atoms with van der Waals surface area (Å²) in [7, 11) is 1.55. The van der Waals surface area contributed by atoms with Gasteiger partial charge in [0.05, 0.1) is 4.92 Å². The third kappa shape index (κ3) is 4.45. The Kier molecular flexibility index (Phi) is 5.73. The third-order valence-corrected chi connectivity index (χ3v) is 3.60. The van der Waals surface area contributed by atoms with Crippen LogP contribution < -0.4 is 15.4 Å². The van der Waals surface area contributed by atoms with Crippen LogP contribution >= 0.6 is 0 Å². The molecule has 0 aliphatic carbocycles. The van der Waals surface area contributed by atoms with Crippen molar-refractivity contribution in [3.8, 4) is 5.75 Å². The highest BCUT2D eigenvalue weighted by Gasteiger charge is 2.12. The van der Waals surface area contributed by atoms with E-state index < -0.39 is 0 Å². The fourth-order valence-electron chi connectivity index (χ4n) is 2.15. The predicted octanol–water partition coefficient (Wildman–Crippen LogP) is 2.64. The number of ether oxygens (including phenoxy) is 1. The van der Waals surface area contributed by atoms with Crippen molar-refractivity contribution >= 4 is 17.3 Å². The summed E-state index contributed by atoms with van der Waals surface area (Å²) in [4.78, 5) is 21.7. The standard InChI is InChI=1S/C17H19N3O4/c1-12-13(4-3-5-16(12)20(22)23)10-19-14-6-8-15(9-7-14)24-11-17(21)18-2/h3-9,19H,10-11H2,1-2H3,(H,18,21). The predicted molar refractivity (Wildman–Crippen MR) is 91.2 cm³/mol. The van der Waals surface area contributed by atoms with E-state index in [4.69, 9.17) is 4.74 Å². The number of nitro groups is 1. The molecule has 24 heavy (non-hydrogen) atoms. The van der Waals surface area contributed by atoms with E-state index in [9.17, 15) is 14.9 Å². The highest BCUT2D eigenvalue weighted by Crippen LogP contribution is 2.22. The second-order valence-electron chi connectivity index (χ2n) is 5.16. The first-order valence-corrected chi connectivity index (χ1v) is 7.41. The van der Waals surface area contributed by atoms with Gasteiger partial charge in [0, 0.05) is 30.9 Å². The van der Waals surface area contributed by atoms with Crippen LogP contribution in [-0.2, 0) is 11.3 Å². The number of benzene rings is 2. The first-order chi connectivity index (χ1) is 11.5. The smallest absolute Gasteiger partial charge is 0.272 e. The molecule has 0 atom stereocenters. The normalized spacial score (nSPS) is 10.1. The number of carbonyl (C=O) groups excluding carboxylic acids is 1. The summed E-state index contributed by atoms with van der Waals surface area (Å²) < 4.78 is 5.32. The van der Waals surface area contributed by atoms with Crippen molar-refractivity contribution in [3.05, 3.63) is 63.7 Å². The lowest BCUT2D eigenvalue weighted by molar-refractivity contribution is -0.385. The van der Waals surface area contributed by atoms with Crippen molar-refractivity contribution < 1.29 is 14.5 Å². The SMILES string of the molecule is CNC(=O)COc1ccc(NCc2cccc([N+](=O)[O-])c2C)cc1. The fraction of sp³-hybridized carbons (Fsp3) is 0.235. The molecule has 0 aromatic heterocycles. The van der Waals surface area contributed by atoms with Crippen LogP contribution in [0.3, 0.4) is 0 Å². The molecule has 0 bridgehead atoms. The number of nitrogens with zero attached hydrogens (tertiary/aromatic N) is 1. The van der Waals surface area contributed by atoms with E-state index in [1.165, 1.54) is 6.07 Å². The minimum absolute atomic E-state index is 0.0316. The Labute approximate surface area is 139 Å². The summed E-state index contributed by atoms with van der Waals surface area (Å²) in [5.74, 6) is 0.397. The molecule has 0 unspecified atom stereocenters. The van der Waals surface area contributed by atoms with Crippen LogP contribution in [0.5, 0.6) is 5.75 Å². The zero-order valence-corrected chi connectivity index (χ0v) is 13.5. The largest absolute Gasteiger partial charge is 0.484 e. The summed E-state index contributed by atoms with van der Waals surface area (Å²) in [5.41, 5.74) is 2.49. The molecule has 0 saturated carbocycles. The maximum atomic E-state index is 11.1. The van der Waals surface area contributed by atoms with Crippen molar-refractivity contribution in [2.24, 2.45) is 0 Å². The first kappa shape index (κ1) is 17.3. The number of nitro benzene ring substituents is 1. The van der Waals surface area contributed by atoms with E-state index in [1.807, 2.05) is 18.2 Å². The minimum Gasteiger partial charge on any atom is -0.484 e. The molecule has 0 saturated heterocycles. The van der Waals surface area contributed by atoms with Crippen LogP contribution in [-0.4, -0.2) is 24.5 Å². The molecule has 0 fully saturated rings. The van der Waals surface area contributed by atoms with Gasteiger partial charge in [-0.3, -0.25) is 14.9 Å². The molecular weight excluding hydrogens is 310 g/mol. The van der Waals surface area contributed by atoms with E-state index in [1.54, 1.807) is 32.2 Å². The van der Waals surface area contributed by atoms with Crippen molar-refractivity contribution in [2.45, 2.75) is 13.5 Å². The topological polar surface area (TPSA) is 93.5 Å². The van der Waals surface area contributed by atoms with Crippen molar-refractivity contribution in [1.82, 2.24) is 5.32 Å². The molecule has 7 nitrogen and oxygen atoms in total. The number of hydrogen-bond acceptors (Lipinski definition) is 5. The zero-order valence-electron chi connectivity index (χ0n) is 13.5. The van der Waals surface area contributed by atoms with Crippen LogP contribution in [0.4, 0.5) is 11.4 Å². The van der Waals surface area contributed by atoms with Crippen LogP contribution in [0, 0.1) is 17.0 Å². The highest BCUT2D eigenvalue weighted by atomic mass is 16.6. The second-order valence-corrected chi connectivity index (χ2v) is 5.16. The number of rotatable bonds is 7. The quantitative estimate of drug-likeness (QED) is 0.601. The number of anilines is 1. The molecule has 2 rings (SSSR count). The second kappa shape index (κ2) is 7.96. The minimum atomic E-state index is -0.378. The Balaban J connectivity index is 1.96. The van der Waals surface area contributed by atoms with E-state index in [2.05, 4.69) is 10.6 Å². The first-order valence-electron chi connectivity index (χ1n) is 7.41. The third-order valence-electron chi connectivity index (χ3n) is 3.60. The van der Waals surface area contributed by atoms with Gasteiger partial charge in [-0.15, -0.1) is 0 Å². The summed E-state index contributed by atoms with van der Waals surface area (Å²) in [6.07, 6.45) is 0. The van der Waals surface area contributed by atoms with Gasteiger partial charge in [0.15, 0.2) is 6.61 Å². The van der Waals surface area contributed by atoms with E-state index >= 15 is 0 Å². The molecule has 1 amide bonds. The lowest BCUT2D eigenvalue weighted by Gasteiger charge is -2.10. The van der Waals surface area contributed by atoms with Gasteiger partial charge in [0.25, 0.3) is 11.6 Å². The molecule has 0 spiro atoms. The maximum absolute atomic E-state index is 11.1.